The number of nitrogens with zero attached hydrogens (tertiary/aromatic N) is 3. The van der Waals surface area contributed by atoms with E-state index in [9.17, 15) is 68.5 Å². The summed E-state index contributed by atoms with van der Waals surface area (Å²) in [5.74, 6) is -9.23. The van der Waals surface area contributed by atoms with E-state index in [-0.39, 0.29) is 56.7 Å². The quantitative estimate of drug-likeness (QED) is 0.0121. The third kappa shape index (κ3) is 20.0. The van der Waals surface area contributed by atoms with E-state index in [4.69, 9.17) is 22.9 Å². The SMILES string of the molecule is CCC(C)C(NC(=O)CNC(=O)C(CCC(N)=O)Nc1ccc([N+](=O)[O-])cc1[N+](=O)[O-])C(=O)NC(C)C(=O)NCC(=O)NC(CCC(N)=O)C(=O)NC(CCCN=C(N)N)C(=O)O. The van der Waals surface area contributed by atoms with Gasteiger partial charge in [0.1, 0.15) is 35.9 Å². The number of amides is 8. The Balaban J connectivity index is 2.94. The molecule has 1 aromatic rings. The van der Waals surface area contributed by atoms with E-state index < -0.39 is 124 Å². The molecular weight excluding hydrogens is 840 g/mol. The molecule has 0 heterocycles. The van der Waals surface area contributed by atoms with Crippen molar-refractivity contribution in [3.8, 4) is 0 Å². The van der Waals surface area contributed by atoms with Gasteiger partial charge in [0.15, 0.2) is 5.96 Å². The normalized spacial score (nSPS) is 13.4. The molecule has 0 radical (unpaired) electrons. The molecule has 0 aliphatic heterocycles. The van der Waals surface area contributed by atoms with Gasteiger partial charge >= 0.3 is 5.97 Å². The van der Waals surface area contributed by atoms with Crippen molar-refractivity contribution < 1.29 is 58.1 Å². The summed E-state index contributed by atoms with van der Waals surface area (Å²) in [5.41, 5.74) is 19.2. The number of carboxylic acid groups (broad SMARTS) is 1. The van der Waals surface area contributed by atoms with Crippen LogP contribution >= 0.6 is 0 Å². The van der Waals surface area contributed by atoms with Crippen molar-refractivity contribution in [2.24, 2.45) is 33.8 Å². The lowest BCUT2D eigenvalue weighted by Crippen LogP contribution is -2.57. The van der Waals surface area contributed by atoms with Crippen LogP contribution in [0, 0.1) is 26.1 Å². The Kier molecular flexibility index (Phi) is 22.4. The smallest absolute Gasteiger partial charge is 0.326 e. The van der Waals surface area contributed by atoms with E-state index in [0.29, 0.717) is 12.5 Å². The van der Waals surface area contributed by atoms with Crippen LogP contribution in [0.1, 0.15) is 65.7 Å². The van der Waals surface area contributed by atoms with E-state index >= 15 is 0 Å². The molecule has 1 rings (SSSR count). The molecule has 0 saturated carbocycles. The number of carbonyl (C=O) groups is 9. The van der Waals surface area contributed by atoms with Gasteiger partial charge in [0.2, 0.25) is 47.3 Å². The van der Waals surface area contributed by atoms with Crippen molar-refractivity contribution in [2.75, 3.05) is 25.0 Å². The molecule has 0 saturated heterocycles. The summed E-state index contributed by atoms with van der Waals surface area (Å²) in [5, 5.41) is 48.8. The number of hydrogen-bond acceptors (Lipinski definition) is 15. The summed E-state index contributed by atoms with van der Waals surface area (Å²) in [6.45, 7) is 3.17. The number of rotatable bonds is 29. The van der Waals surface area contributed by atoms with Gasteiger partial charge in [-0.2, -0.15) is 0 Å². The molecule has 63 heavy (non-hydrogen) atoms. The van der Waals surface area contributed by atoms with E-state index in [0.717, 1.165) is 12.1 Å². The zero-order valence-corrected chi connectivity index (χ0v) is 34.7. The maximum atomic E-state index is 13.3. The monoisotopic (exact) mass is 894 g/mol. The Morgan fingerprint density at radius 3 is 1.81 bits per heavy atom. The lowest BCUT2D eigenvalue weighted by Gasteiger charge is -2.25. The first-order chi connectivity index (χ1) is 29.5. The average Bonchev–Trinajstić information content (AvgIpc) is 3.21. The van der Waals surface area contributed by atoms with Crippen LogP contribution in [0.2, 0.25) is 0 Å². The summed E-state index contributed by atoms with van der Waals surface area (Å²) in [4.78, 5) is 137. The molecular formula is C35H54N14O14. The number of hydrogen-bond donors (Lipinski definition) is 12. The van der Waals surface area contributed by atoms with Gasteiger partial charge in [-0.25, -0.2) is 4.79 Å². The van der Waals surface area contributed by atoms with Crippen molar-refractivity contribution in [1.29, 1.82) is 0 Å². The highest BCUT2D eigenvalue weighted by Gasteiger charge is 2.31. The Morgan fingerprint density at radius 1 is 0.714 bits per heavy atom. The lowest BCUT2D eigenvalue weighted by atomic mass is 9.98. The molecule has 0 aromatic heterocycles. The third-order valence-electron chi connectivity index (χ3n) is 9.02. The molecule has 0 bridgehead atoms. The Morgan fingerprint density at radius 2 is 1.29 bits per heavy atom. The van der Waals surface area contributed by atoms with Crippen LogP contribution in [-0.2, 0) is 43.2 Å². The van der Waals surface area contributed by atoms with Crippen LogP contribution in [0.25, 0.3) is 0 Å². The first kappa shape index (κ1) is 53.3. The highest BCUT2D eigenvalue weighted by Crippen LogP contribution is 2.30. The van der Waals surface area contributed by atoms with Gasteiger partial charge in [-0.05, 0) is 44.6 Å². The van der Waals surface area contributed by atoms with Gasteiger partial charge in [0.25, 0.3) is 11.4 Å². The number of benzene rings is 1. The number of aliphatic imine (C=N–C) groups is 1. The number of aliphatic carboxylic acids is 1. The minimum Gasteiger partial charge on any atom is -0.480 e. The number of nitro benzene ring substituents is 2. The highest BCUT2D eigenvalue weighted by atomic mass is 16.6. The molecule has 0 aliphatic rings. The first-order valence-corrected chi connectivity index (χ1v) is 19.3. The molecule has 0 spiro atoms. The zero-order valence-electron chi connectivity index (χ0n) is 34.7. The van der Waals surface area contributed by atoms with E-state index in [1.807, 2.05) is 0 Å². The molecule has 1 aromatic carbocycles. The van der Waals surface area contributed by atoms with Crippen LogP contribution in [0.15, 0.2) is 23.2 Å². The minimum atomic E-state index is -1.45. The van der Waals surface area contributed by atoms with Crippen molar-refractivity contribution in [3.63, 3.8) is 0 Å². The van der Waals surface area contributed by atoms with Crippen LogP contribution in [0.5, 0.6) is 0 Å². The summed E-state index contributed by atoms with van der Waals surface area (Å²) in [6, 6.07) is -4.23. The number of nitrogens with two attached hydrogens (primary N) is 4. The fourth-order valence-corrected chi connectivity index (χ4v) is 5.39. The van der Waals surface area contributed by atoms with Crippen LogP contribution in [-0.4, -0.2) is 124 Å². The van der Waals surface area contributed by atoms with Crippen LogP contribution in [0.4, 0.5) is 17.1 Å². The topological polar surface area (TPSA) is 461 Å². The van der Waals surface area contributed by atoms with Gasteiger partial charge in [-0.1, -0.05) is 20.3 Å². The number of anilines is 1. The van der Waals surface area contributed by atoms with Crippen molar-refractivity contribution in [1.82, 2.24) is 31.9 Å². The molecule has 0 fully saturated rings. The molecule has 28 nitrogen and oxygen atoms in total. The Hall–Kier alpha value is -7.68. The number of non-ortho nitro benzene ring substituents is 1. The number of primary amides is 2. The lowest BCUT2D eigenvalue weighted by molar-refractivity contribution is -0.393. The molecule has 6 atom stereocenters. The second kappa shape index (κ2) is 26.5. The summed E-state index contributed by atoms with van der Waals surface area (Å²) >= 11 is 0. The molecule has 348 valence electrons. The fraction of sp³-hybridized carbons (Fsp3) is 0.543. The van der Waals surface area contributed by atoms with Gasteiger partial charge in [0, 0.05) is 25.5 Å². The van der Waals surface area contributed by atoms with Crippen molar-refractivity contribution >= 4 is 76.2 Å². The maximum absolute atomic E-state index is 13.3. The summed E-state index contributed by atoms with van der Waals surface area (Å²) in [7, 11) is 0. The molecule has 0 aliphatic carbocycles. The zero-order chi connectivity index (χ0) is 48.0. The third-order valence-corrected chi connectivity index (χ3v) is 9.02. The highest BCUT2D eigenvalue weighted by molar-refractivity contribution is 5.96. The van der Waals surface area contributed by atoms with Crippen molar-refractivity contribution in [2.45, 2.75) is 95.9 Å². The second-order valence-corrected chi connectivity index (χ2v) is 14.0. The minimum absolute atomic E-state index is 0.0737. The van der Waals surface area contributed by atoms with Crippen molar-refractivity contribution in [3.05, 3.63) is 38.4 Å². The number of nitro groups is 2. The Bertz CT molecular complexity index is 1910. The number of carbonyl (C=O) groups excluding carboxylic acids is 8. The molecule has 6 unspecified atom stereocenters. The summed E-state index contributed by atoms with van der Waals surface area (Å²) in [6.07, 6.45) is -0.955. The molecule has 8 amide bonds. The largest absolute Gasteiger partial charge is 0.480 e. The fourth-order valence-electron chi connectivity index (χ4n) is 5.39. The first-order valence-electron chi connectivity index (χ1n) is 19.3. The summed E-state index contributed by atoms with van der Waals surface area (Å²) < 4.78 is 0. The van der Waals surface area contributed by atoms with Crippen LogP contribution < -0.4 is 60.2 Å². The predicted octanol–water partition coefficient (Wildman–Crippen LogP) is -3.81. The van der Waals surface area contributed by atoms with Gasteiger partial charge in [-0.3, -0.25) is 63.6 Å². The standard InChI is InChI=1S/C35H54N14O14/c1-4-17(2)29(47-28(53)16-42-31(55)21(9-11-25(36)50)44-20-8-7-19(48(60)61)14-24(20)49(62)63)33(57)43-18(3)30(54)41-15-27(52)45-22(10-12-26(37)51)32(56)46-23(34(58)59)6-5-13-40-35(38)39/h7-8,14,17-18,21-23,29,44H,4-6,9-13,15-16H2,1-3H3,(H2,36,50)(H2,37,51)(H,41,54)(H,42,55)(H,43,57)(H,45,52)(H,46,56)(H,47,53)(H,58,59)(H4,38,39,40). The maximum Gasteiger partial charge on any atom is 0.326 e. The van der Waals surface area contributed by atoms with Crippen LogP contribution in [0.3, 0.4) is 0 Å². The second-order valence-electron chi connectivity index (χ2n) is 14.0. The Labute approximate surface area is 359 Å². The van der Waals surface area contributed by atoms with Gasteiger partial charge in [-0.15, -0.1) is 0 Å². The van der Waals surface area contributed by atoms with E-state index in [2.05, 4.69) is 42.2 Å². The van der Waals surface area contributed by atoms with Gasteiger partial charge in [0.05, 0.1) is 29.0 Å². The number of carboxylic acids is 1. The van der Waals surface area contributed by atoms with Gasteiger partial charge < -0.3 is 65.3 Å². The predicted molar refractivity (Wildman–Crippen MR) is 220 cm³/mol. The molecule has 28 heteroatoms. The average molecular weight is 895 g/mol. The van der Waals surface area contributed by atoms with E-state index in [1.165, 1.54) is 6.92 Å². The molecule has 16 N–H and O–H groups in total. The van der Waals surface area contributed by atoms with E-state index in [1.54, 1.807) is 13.8 Å². The number of nitrogens with one attached hydrogen (secondary N) is 7. The number of guanidine groups is 1.